The van der Waals surface area contributed by atoms with Gasteiger partial charge in [0.2, 0.25) is 0 Å². The van der Waals surface area contributed by atoms with E-state index in [4.69, 9.17) is 15.2 Å². The van der Waals surface area contributed by atoms with E-state index < -0.39 is 0 Å². The first-order chi connectivity index (χ1) is 6.74. The first-order valence-corrected chi connectivity index (χ1v) is 4.52. The minimum absolute atomic E-state index is 0.0946. The minimum atomic E-state index is -0.172. The maximum Gasteiger partial charge on any atom is 0.166 e. The highest BCUT2D eigenvalue weighted by molar-refractivity contribution is 5.55. The van der Waals surface area contributed by atoms with E-state index in [0.717, 1.165) is 0 Å². The van der Waals surface area contributed by atoms with Crippen LogP contribution in [-0.4, -0.2) is 18.8 Å². The highest BCUT2D eigenvalue weighted by Gasteiger charge is 2.23. The largest absolute Gasteiger partial charge is 0.504 e. The Morgan fingerprint density at radius 3 is 3.07 bits per heavy atom. The highest BCUT2D eigenvalue weighted by Crippen LogP contribution is 2.42. The van der Waals surface area contributed by atoms with Crippen LogP contribution in [0, 0.1) is 0 Å². The molecule has 76 valence electrons. The number of aromatic hydroxyl groups is 1. The van der Waals surface area contributed by atoms with E-state index in [1.165, 1.54) is 7.11 Å². The van der Waals surface area contributed by atoms with Crippen LogP contribution >= 0.6 is 0 Å². The van der Waals surface area contributed by atoms with Gasteiger partial charge in [0.25, 0.3) is 0 Å². The summed E-state index contributed by atoms with van der Waals surface area (Å²) in [5.41, 5.74) is 6.52. The Morgan fingerprint density at radius 2 is 2.36 bits per heavy atom. The number of phenols is 1. The predicted molar refractivity (Wildman–Crippen MR) is 51.7 cm³/mol. The van der Waals surface area contributed by atoms with E-state index in [2.05, 4.69) is 0 Å². The molecule has 1 heterocycles. The summed E-state index contributed by atoms with van der Waals surface area (Å²) >= 11 is 0. The van der Waals surface area contributed by atoms with E-state index in [1.54, 1.807) is 12.1 Å². The number of fused-ring (bicyclic) bond motifs is 1. The van der Waals surface area contributed by atoms with Gasteiger partial charge in [-0.1, -0.05) is 0 Å². The molecule has 1 aliphatic heterocycles. The third kappa shape index (κ3) is 1.28. The lowest BCUT2D eigenvalue weighted by Crippen LogP contribution is -2.20. The van der Waals surface area contributed by atoms with Gasteiger partial charge in [-0.25, -0.2) is 0 Å². The maximum absolute atomic E-state index is 9.82. The minimum Gasteiger partial charge on any atom is -0.504 e. The lowest BCUT2D eigenvalue weighted by Gasteiger charge is -2.24. The van der Waals surface area contributed by atoms with Gasteiger partial charge in [-0.2, -0.15) is 0 Å². The third-order valence-corrected chi connectivity index (χ3v) is 2.42. The molecule has 0 spiro atoms. The van der Waals surface area contributed by atoms with Gasteiger partial charge in [-0.05, 0) is 12.1 Å². The summed E-state index contributed by atoms with van der Waals surface area (Å²) in [5.74, 6) is 1.18. The van der Waals surface area contributed by atoms with Gasteiger partial charge >= 0.3 is 0 Å². The zero-order valence-electron chi connectivity index (χ0n) is 7.99. The molecule has 1 aliphatic rings. The molecule has 0 saturated carbocycles. The fraction of sp³-hybridized carbons (Fsp3) is 0.400. The summed E-state index contributed by atoms with van der Waals surface area (Å²) in [7, 11) is 1.51. The maximum atomic E-state index is 9.82. The van der Waals surface area contributed by atoms with Crippen molar-refractivity contribution in [1.82, 2.24) is 0 Å². The first-order valence-electron chi connectivity index (χ1n) is 4.52. The SMILES string of the molecule is COc1ccc2c(c1O)[C@@H](N)CCO2. The third-order valence-electron chi connectivity index (χ3n) is 2.42. The zero-order chi connectivity index (χ0) is 10.1. The van der Waals surface area contributed by atoms with Crippen LogP contribution < -0.4 is 15.2 Å². The molecule has 4 nitrogen and oxygen atoms in total. The molecule has 0 bridgehead atoms. The van der Waals surface area contributed by atoms with Crippen molar-refractivity contribution in [3.63, 3.8) is 0 Å². The van der Waals surface area contributed by atoms with Crippen LogP contribution in [0.3, 0.4) is 0 Å². The van der Waals surface area contributed by atoms with Gasteiger partial charge in [0, 0.05) is 12.5 Å². The quantitative estimate of drug-likeness (QED) is 0.706. The van der Waals surface area contributed by atoms with Crippen molar-refractivity contribution in [3.8, 4) is 17.2 Å². The van der Waals surface area contributed by atoms with E-state index in [0.29, 0.717) is 30.1 Å². The van der Waals surface area contributed by atoms with E-state index >= 15 is 0 Å². The van der Waals surface area contributed by atoms with Gasteiger partial charge in [0.05, 0.1) is 19.3 Å². The number of hydrogen-bond acceptors (Lipinski definition) is 4. The van der Waals surface area contributed by atoms with Crippen LogP contribution in [0.4, 0.5) is 0 Å². The molecule has 0 amide bonds. The lowest BCUT2D eigenvalue weighted by molar-refractivity contribution is 0.260. The van der Waals surface area contributed by atoms with Gasteiger partial charge in [-0.3, -0.25) is 0 Å². The standard InChI is InChI=1S/C10H13NO3/c1-13-8-3-2-7-9(10(8)12)6(11)4-5-14-7/h2-3,6,12H,4-5,11H2,1H3/t6-/m0/s1. The molecule has 0 unspecified atom stereocenters. The van der Waals surface area contributed by atoms with Crippen LogP contribution in [0.2, 0.25) is 0 Å². The van der Waals surface area contributed by atoms with Crippen LogP contribution in [0.1, 0.15) is 18.0 Å². The number of methoxy groups -OCH3 is 1. The van der Waals surface area contributed by atoms with Crippen molar-refractivity contribution >= 4 is 0 Å². The molecule has 0 radical (unpaired) electrons. The first kappa shape index (κ1) is 9.15. The molecule has 0 aliphatic carbocycles. The van der Waals surface area contributed by atoms with Crippen LogP contribution in [-0.2, 0) is 0 Å². The fourth-order valence-corrected chi connectivity index (χ4v) is 1.66. The van der Waals surface area contributed by atoms with Crippen molar-refractivity contribution in [3.05, 3.63) is 17.7 Å². The van der Waals surface area contributed by atoms with Gasteiger partial charge in [-0.15, -0.1) is 0 Å². The molecule has 14 heavy (non-hydrogen) atoms. The molecular weight excluding hydrogens is 182 g/mol. The summed E-state index contributed by atoms with van der Waals surface area (Å²) in [5, 5.41) is 9.82. The predicted octanol–water partition coefficient (Wildman–Crippen LogP) is 1.18. The Bertz CT molecular complexity index is 351. The van der Waals surface area contributed by atoms with Gasteiger partial charge in [0.1, 0.15) is 5.75 Å². The topological polar surface area (TPSA) is 64.7 Å². The lowest BCUT2D eigenvalue weighted by atomic mass is 10.00. The number of hydrogen-bond donors (Lipinski definition) is 2. The fourth-order valence-electron chi connectivity index (χ4n) is 1.66. The van der Waals surface area contributed by atoms with Crippen molar-refractivity contribution in [2.24, 2.45) is 5.73 Å². The molecule has 0 aromatic heterocycles. The summed E-state index contributed by atoms with van der Waals surface area (Å²) in [6.07, 6.45) is 0.716. The highest BCUT2D eigenvalue weighted by atomic mass is 16.5. The van der Waals surface area contributed by atoms with Crippen LogP contribution in [0.5, 0.6) is 17.2 Å². The molecule has 4 heteroatoms. The number of phenolic OH excluding ortho intramolecular Hbond substituents is 1. The van der Waals surface area contributed by atoms with E-state index in [1.807, 2.05) is 0 Å². The summed E-state index contributed by atoms with van der Waals surface area (Å²) in [6.45, 7) is 0.597. The van der Waals surface area contributed by atoms with Gasteiger partial charge in [0.15, 0.2) is 11.5 Å². The van der Waals surface area contributed by atoms with Crippen LogP contribution in [0.15, 0.2) is 12.1 Å². The molecule has 3 N–H and O–H groups in total. The molecule has 1 aromatic carbocycles. The van der Waals surface area contributed by atoms with Crippen LogP contribution in [0.25, 0.3) is 0 Å². The Kier molecular flexibility index (Phi) is 2.21. The Morgan fingerprint density at radius 1 is 1.57 bits per heavy atom. The van der Waals surface area contributed by atoms with Gasteiger partial charge < -0.3 is 20.3 Å². The number of rotatable bonds is 1. The second kappa shape index (κ2) is 3.38. The summed E-state index contributed by atoms with van der Waals surface area (Å²) in [6, 6.07) is 3.27. The summed E-state index contributed by atoms with van der Waals surface area (Å²) < 4.78 is 10.4. The number of benzene rings is 1. The molecule has 1 aromatic rings. The zero-order valence-corrected chi connectivity index (χ0v) is 7.99. The Hall–Kier alpha value is -1.42. The average Bonchev–Trinajstić information content (AvgIpc) is 2.18. The molecular formula is C10H13NO3. The molecule has 0 fully saturated rings. The summed E-state index contributed by atoms with van der Waals surface area (Å²) in [4.78, 5) is 0. The molecule has 2 rings (SSSR count). The number of nitrogens with two attached hydrogens (primary N) is 1. The molecule has 0 saturated heterocycles. The van der Waals surface area contributed by atoms with Crippen molar-refractivity contribution in [2.75, 3.05) is 13.7 Å². The van der Waals surface area contributed by atoms with E-state index in [9.17, 15) is 5.11 Å². The normalized spacial score (nSPS) is 19.7. The smallest absolute Gasteiger partial charge is 0.166 e. The van der Waals surface area contributed by atoms with Crippen molar-refractivity contribution < 1.29 is 14.6 Å². The van der Waals surface area contributed by atoms with E-state index in [-0.39, 0.29) is 11.8 Å². The van der Waals surface area contributed by atoms with Crippen molar-refractivity contribution in [1.29, 1.82) is 0 Å². The van der Waals surface area contributed by atoms with Crippen molar-refractivity contribution in [2.45, 2.75) is 12.5 Å². The number of ether oxygens (including phenoxy) is 2. The average molecular weight is 195 g/mol. The monoisotopic (exact) mass is 195 g/mol. The molecule has 1 atom stereocenters. The Labute approximate surface area is 82.2 Å². The second-order valence-corrected chi connectivity index (χ2v) is 3.27. The Balaban J connectivity index is 2.54. The second-order valence-electron chi connectivity index (χ2n) is 3.27.